The number of fused-ring (bicyclic) bond motifs is 1. The van der Waals surface area contributed by atoms with Gasteiger partial charge >= 0.3 is 0 Å². The second kappa shape index (κ2) is 4.47. The Kier molecular flexibility index (Phi) is 2.81. The fourth-order valence-electron chi connectivity index (χ4n) is 1.69. The van der Waals surface area contributed by atoms with Crippen molar-refractivity contribution in [2.45, 2.75) is 6.54 Å². The van der Waals surface area contributed by atoms with Gasteiger partial charge in [0.25, 0.3) is 5.89 Å². The minimum absolute atomic E-state index is 0.239. The van der Waals surface area contributed by atoms with Gasteiger partial charge in [0.05, 0.1) is 11.4 Å². The number of hydrogen-bond acceptors (Lipinski definition) is 5. The summed E-state index contributed by atoms with van der Waals surface area (Å²) < 4.78 is 19.5. The zero-order valence-electron chi connectivity index (χ0n) is 9.61. The van der Waals surface area contributed by atoms with Crippen molar-refractivity contribution in [1.29, 1.82) is 0 Å². The van der Waals surface area contributed by atoms with Crippen molar-refractivity contribution in [3.8, 4) is 10.8 Å². The van der Waals surface area contributed by atoms with E-state index in [2.05, 4.69) is 15.5 Å². The molecule has 0 fully saturated rings. The summed E-state index contributed by atoms with van der Waals surface area (Å²) >= 11 is 1.44. The Bertz CT molecular complexity index is 692. The van der Waals surface area contributed by atoms with E-state index in [4.69, 9.17) is 4.42 Å². The summed E-state index contributed by atoms with van der Waals surface area (Å²) in [4.78, 5) is 0.852. The van der Waals surface area contributed by atoms with Gasteiger partial charge in [0.15, 0.2) is 0 Å². The maximum absolute atomic E-state index is 13.1. The molecule has 1 N–H and O–H groups in total. The predicted octanol–water partition coefficient (Wildman–Crippen LogP) is 2.81. The lowest BCUT2D eigenvalue weighted by Gasteiger charge is -1.89. The van der Waals surface area contributed by atoms with Crippen molar-refractivity contribution in [2.24, 2.45) is 0 Å². The molecule has 0 aliphatic heterocycles. The second-order valence-corrected chi connectivity index (χ2v) is 4.91. The smallest absolute Gasteiger partial charge is 0.257 e. The molecule has 0 aliphatic carbocycles. The summed E-state index contributed by atoms with van der Waals surface area (Å²) in [6.45, 7) is 0.534. The Morgan fingerprint density at radius 2 is 2.22 bits per heavy atom. The Balaban J connectivity index is 2.02. The maximum Gasteiger partial charge on any atom is 0.257 e. The number of benzene rings is 1. The number of thiophene rings is 1. The average molecular weight is 263 g/mol. The quantitative estimate of drug-likeness (QED) is 0.789. The van der Waals surface area contributed by atoms with Crippen LogP contribution in [-0.4, -0.2) is 17.2 Å². The number of halogens is 1. The third-order valence-electron chi connectivity index (χ3n) is 2.49. The van der Waals surface area contributed by atoms with Crippen LogP contribution < -0.4 is 5.32 Å². The maximum atomic E-state index is 13.1. The van der Waals surface area contributed by atoms with Crippen molar-refractivity contribution in [2.75, 3.05) is 7.05 Å². The van der Waals surface area contributed by atoms with Gasteiger partial charge in [0.2, 0.25) is 5.89 Å². The number of nitrogens with zero attached hydrogens (tertiary/aromatic N) is 2. The van der Waals surface area contributed by atoms with E-state index in [0.29, 0.717) is 18.3 Å². The Morgan fingerprint density at radius 1 is 1.33 bits per heavy atom. The van der Waals surface area contributed by atoms with Gasteiger partial charge in [-0.15, -0.1) is 21.5 Å². The highest BCUT2D eigenvalue weighted by Crippen LogP contribution is 2.33. The van der Waals surface area contributed by atoms with Crippen LogP contribution in [-0.2, 0) is 6.54 Å². The zero-order valence-corrected chi connectivity index (χ0v) is 10.4. The molecule has 3 rings (SSSR count). The topological polar surface area (TPSA) is 51.0 Å². The van der Waals surface area contributed by atoms with Crippen molar-refractivity contribution in [3.63, 3.8) is 0 Å². The Labute approximate surface area is 106 Å². The molecule has 4 nitrogen and oxygen atoms in total. The van der Waals surface area contributed by atoms with Crippen molar-refractivity contribution in [1.82, 2.24) is 15.5 Å². The molecule has 3 aromatic rings. The molecule has 0 aliphatic rings. The fourth-order valence-corrected chi connectivity index (χ4v) is 2.70. The lowest BCUT2D eigenvalue weighted by Crippen LogP contribution is -2.04. The van der Waals surface area contributed by atoms with Gasteiger partial charge in [-0.25, -0.2) is 4.39 Å². The highest BCUT2D eigenvalue weighted by atomic mass is 32.1. The first kappa shape index (κ1) is 11.3. The molecule has 0 amide bonds. The van der Waals surface area contributed by atoms with Gasteiger partial charge in [0.1, 0.15) is 5.82 Å². The first-order valence-corrected chi connectivity index (χ1v) is 6.24. The van der Waals surface area contributed by atoms with Crippen LogP contribution >= 0.6 is 11.3 Å². The van der Waals surface area contributed by atoms with Gasteiger partial charge < -0.3 is 9.73 Å². The van der Waals surface area contributed by atoms with Crippen molar-refractivity contribution >= 4 is 21.4 Å². The number of aromatic nitrogens is 2. The summed E-state index contributed by atoms with van der Waals surface area (Å²) in [6.07, 6.45) is 0. The van der Waals surface area contributed by atoms with Crippen LogP contribution in [0.4, 0.5) is 4.39 Å². The van der Waals surface area contributed by atoms with Crippen molar-refractivity contribution < 1.29 is 8.81 Å². The van der Waals surface area contributed by atoms with E-state index in [-0.39, 0.29) is 5.82 Å². The molecule has 0 spiro atoms. The molecular formula is C12H10FN3OS. The van der Waals surface area contributed by atoms with E-state index < -0.39 is 0 Å². The molecule has 6 heteroatoms. The van der Waals surface area contributed by atoms with Gasteiger partial charge in [-0.05, 0) is 30.6 Å². The summed E-state index contributed by atoms with van der Waals surface area (Å²) in [6, 6.07) is 6.62. The molecule has 2 aromatic heterocycles. The number of rotatable bonds is 3. The van der Waals surface area contributed by atoms with Crippen LogP contribution in [0.5, 0.6) is 0 Å². The molecule has 0 saturated heterocycles. The lowest BCUT2D eigenvalue weighted by atomic mass is 10.2. The molecule has 92 valence electrons. The molecule has 0 bridgehead atoms. The first-order chi connectivity index (χ1) is 8.76. The standard InChI is InChI=1S/C12H10FN3OS/c1-14-6-11-15-16-12(17-11)10-4-7-2-3-8(13)5-9(7)18-10/h2-5,14H,6H2,1H3. The van der Waals surface area contributed by atoms with E-state index in [1.807, 2.05) is 13.1 Å². The van der Waals surface area contributed by atoms with E-state index in [1.165, 1.54) is 23.5 Å². The van der Waals surface area contributed by atoms with Gasteiger partial charge in [0, 0.05) is 4.70 Å². The second-order valence-electron chi connectivity index (χ2n) is 3.82. The third-order valence-corrected chi connectivity index (χ3v) is 3.57. The number of hydrogen-bond donors (Lipinski definition) is 1. The highest BCUT2D eigenvalue weighted by molar-refractivity contribution is 7.22. The van der Waals surface area contributed by atoms with Crippen LogP contribution in [0.3, 0.4) is 0 Å². The molecule has 0 saturated carbocycles. The van der Waals surface area contributed by atoms with E-state index in [0.717, 1.165) is 15.0 Å². The van der Waals surface area contributed by atoms with Gasteiger partial charge in [-0.3, -0.25) is 0 Å². The van der Waals surface area contributed by atoms with Crippen molar-refractivity contribution in [3.05, 3.63) is 36.0 Å². The molecule has 2 heterocycles. The van der Waals surface area contributed by atoms with Crippen LogP contribution in [0, 0.1) is 5.82 Å². The minimum Gasteiger partial charge on any atom is -0.419 e. The highest BCUT2D eigenvalue weighted by Gasteiger charge is 2.11. The van der Waals surface area contributed by atoms with E-state index in [1.54, 1.807) is 6.07 Å². The molecular weight excluding hydrogens is 253 g/mol. The zero-order chi connectivity index (χ0) is 12.5. The normalized spacial score (nSPS) is 11.2. The first-order valence-electron chi connectivity index (χ1n) is 5.43. The van der Waals surface area contributed by atoms with Crippen LogP contribution in [0.2, 0.25) is 0 Å². The Morgan fingerprint density at radius 3 is 3.06 bits per heavy atom. The van der Waals surface area contributed by atoms with E-state index >= 15 is 0 Å². The Hall–Kier alpha value is -1.79. The van der Waals surface area contributed by atoms with Crippen LogP contribution in [0.25, 0.3) is 20.9 Å². The number of nitrogens with one attached hydrogen (secondary N) is 1. The van der Waals surface area contributed by atoms with Crippen LogP contribution in [0.1, 0.15) is 5.89 Å². The van der Waals surface area contributed by atoms with Gasteiger partial charge in [-0.1, -0.05) is 6.07 Å². The molecule has 0 radical (unpaired) electrons. The molecule has 18 heavy (non-hydrogen) atoms. The fraction of sp³-hybridized carbons (Fsp3) is 0.167. The summed E-state index contributed by atoms with van der Waals surface area (Å²) in [5.41, 5.74) is 0. The van der Waals surface area contributed by atoms with E-state index in [9.17, 15) is 4.39 Å². The largest absolute Gasteiger partial charge is 0.419 e. The van der Waals surface area contributed by atoms with Crippen LogP contribution in [0.15, 0.2) is 28.7 Å². The predicted molar refractivity (Wildman–Crippen MR) is 67.8 cm³/mol. The average Bonchev–Trinajstić information content (AvgIpc) is 2.94. The lowest BCUT2D eigenvalue weighted by molar-refractivity contribution is 0.491. The minimum atomic E-state index is -0.239. The molecule has 0 atom stereocenters. The van der Waals surface area contributed by atoms with Gasteiger partial charge in [-0.2, -0.15) is 0 Å². The monoisotopic (exact) mass is 263 g/mol. The summed E-state index contributed by atoms with van der Waals surface area (Å²) in [7, 11) is 1.81. The molecule has 1 aromatic carbocycles. The third kappa shape index (κ3) is 2.00. The summed E-state index contributed by atoms with van der Waals surface area (Å²) in [5.74, 6) is 0.773. The SMILES string of the molecule is CNCc1nnc(-c2cc3ccc(F)cc3s2)o1. The summed E-state index contributed by atoms with van der Waals surface area (Å²) in [5, 5.41) is 11.8. The molecule has 0 unspecified atom stereocenters.